The Bertz CT molecular complexity index is 445. The highest BCUT2D eigenvalue weighted by molar-refractivity contribution is 7.93. The minimum absolute atomic E-state index is 0.675. The smallest absolute Gasteiger partial charge is 0.170 e. The molecule has 0 radical (unpaired) electrons. The predicted octanol–water partition coefficient (Wildman–Crippen LogP) is 1.71. The van der Waals surface area contributed by atoms with Crippen LogP contribution >= 0.6 is 0 Å². The van der Waals surface area contributed by atoms with Gasteiger partial charge in [0.15, 0.2) is 9.84 Å². The summed E-state index contributed by atoms with van der Waals surface area (Å²) in [5, 5.41) is 1.43. The Morgan fingerprint density at radius 3 is 2.61 bits per heavy atom. The van der Waals surface area contributed by atoms with Gasteiger partial charge in [0, 0.05) is 19.3 Å². The molecule has 0 aromatic carbocycles. The minimum Gasteiger partial charge on any atom is -0.378 e. The summed E-state index contributed by atoms with van der Waals surface area (Å²) in [5.41, 5.74) is 2.08. The molecular weight excluding hydrogens is 250 g/mol. The third-order valence-electron chi connectivity index (χ3n) is 3.30. The summed E-state index contributed by atoms with van der Waals surface area (Å²) in [5.74, 6) is 0. The van der Waals surface area contributed by atoms with Gasteiger partial charge in [0.1, 0.15) is 0 Å². The maximum atomic E-state index is 11.6. The van der Waals surface area contributed by atoms with Crippen molar-refractivity contribution < 1.29 is 13.2 Å². The zero-order valence-electron chi connectivity index (χ0n) is 10.9. The van der Waals surface area contributed by atoms with Crippen molar-refractivity contribution in [1.29, 1.82) is 0 Å². The van der Waals surface area contributed by atoms with E-state index in [1.54, 1.807) is 0 Å². The molecule has 2 rings (SSSR count). The predicted molar refractivity (Wildman–Crippen MR) is 71.9 cm³/mol. The highest BCUT2D eigenvalue weighted by Crippen LogP contribution is 2.27. The molecule has 0 N–H and O–H groups in total. The van der Waals surface area contributed by atoms with Gasteiger partial charge in [0.2, 0.25) is 0 Å². The Morgan fingerprint density at radius 1 is 1.33 bits per heavy atom. The Hall–Kier alpha value is -0.810. The lowest BCUT2D eigenvalue weighted by molar-refractivity contribution is 0.0546. The highest BCUT2D eigenvalue weighted by Gasteiger charge is 2.19. The molecule has 0 saturated carbocycles. The number of nitrogens with zero attached hydrogens (tertiary/aromatic N) is 1. The number of hydrogen-bond donors (Lipinski definition) is 0. The van der Waals surface area contributed by atoms with Gasteiger partial charge < -0.3 is 9.64 Å². The van der Waals surface area contributed by atoms with Gasteiger partial charge in [-0.2, -0.15) is 0 Å². The molecule has 1 aliphatic heterocycles. The Morgan fingerprint density at radius 2 is 2.06 bits per heavy atom. The Balaban J connectivity index is 2.27. The van der Waals surface area contributed by atoms with Gasteiger partial charge in [0.05, 0.1) is 24.3 Å². The van der Waals surface area contributed by atoms with Gasteiger partial charge in [-0.3, -0.25) is 0 Å². The molecule has 0 unspecified atom stereocenters. The monoisotopic (exact) mass is 271 g/mol. The average molecular weight is 271 g/mol. The number of allylic oxidation sites excluding steroid dienone is 2. The van der Waals surface area contributed by atoms with Gasteiger partial charge in [-0.05, 0) is 31.3 Å². The SMILES string of the molecule is CS(=O)(=O)/C=C(\C1=CCCCC1)N1CCOCC1. The van der Waals surface area contributed by atoms with Gasteiger partial charge in [-0.15, -0.1) is 0 Å². The summed E-state index contributed by atoms with van der Waals surface area (Å²) in [6.45, 7) is 2.90. The van der Waals surface area contributed by atoms with Crippen molar-refractivity contribution in [1.82, 2.24) is 4.90 Å². The first-order chi connectivity index (χ1) is 8.56. The zero-order chi connectivity index (χ0) is 13.0. The van der Waals surface area contributed by atoms with Gasteiger partial charge in [0.25, 0.3) is 0 Å². The molecule has 0 aromatic heterocycles. The molecule has 1 fully saturated rings. The van der Waals surface area contributed by atoms with Gasteiger partial charge in [-0.25, -0.2) is 8.42 Å². The van der Waals surface area contributed by atoms with Gasteiger partial charge in [-0.1, -0.05) is 6.08 Å². The molecule has 4 nitrogen and oxygen atoms in total. The van der Waals surface area contributed by atoms with E-state index in [4.69, 9.17) is 4.74 Å². The van der Waals surface area contributed by atoms with Crippen LogP contribution < -0.4 is 0 Å². The van der Waals surface area contributed by atoms with E-state index in [2.05, 4.69) is 11.0 Å². The van der Waals surface area contributed by atoms with Gasteiger partial charge >= 0.3 is 0 Å². The molecule has 1 heterocycles. The lowest BCUT2D eigenvalue weighted by atomic mass is 9.97. The fourth-order valence-electron chi connectivity index (χ4n) is 2.43. The average Bonchev–Trinajstić information content (AvgIpc) is 2.37. The second-order valence-electron chi connectivity index (χ2n) is 4.91. The molecule has 5 heteroatoms. The Kier molecular flexibility index (Phi) is 4.45. The third-order valence-corrected chi connectivity index (χ3v) is 3.95. The standard InChI is InChI=1S/C13H21NO3S/c1-18(15,16)11-13(12-5-3-2-4-6-12)14-7-9-17-10-8-14/h5,11H,2-4,6-10H2,1H3/b13-11+. The fourth-order valence-corrected chi connectivity index (χ4v) is 3.14. The molecule has 1 aliphatic carbocycles. The molecule has 1 saturated heterocycles. The number of ether oxygens (including phenoxy) is 1. The second kappa shape index (κ2) is 5.89. The van der Waals surface area contributed by atoms with Crippen LogP contribution in [0.3, 0.4) is 0 Å². The number of rotatable bonds is 3. The van der Waals surface area contributed by atoms with Crippen molar-refractivity contribution in [2.24, 2.45) is 0 Å². The number of hydrogen-bond acceptors (Lipinski definition) is 4. The lowest BCUT2D eigenvalue weighted by Gasteiger charge is -2.33. The van der Waals surface area contributed by atoms with E-state index in [0.717, 1.165) is 38.0 Å². The van der Waals surface area contributed by atoms with Crippen LogP contribution in [0.5, 0.6) is 0 Å². The van der Waals surface area contributed by atoms with Crippen molar-refractivity contribution in [2.45, 2.75) is 25.7 Å². The van der Waals surface area contributed by atoms with E-state index in [-0.39, 0.29) is 0 Å². The molecule has 0 spiro atoms. The summed E-state index contributed by atoms with van der Waals surface area (Å²) < 4.78 is 28.5. The van der Waals surface area contributed by atoms with E-state index in [0.29, 0.717) is 13.2 Å². The summed E-state index contributed by atoms with van der Waals surface area (Å²) in [7, 11) is -3.11. The van der Waals surface area contributed by atoms with Crippen LogP contribution in [0, 0.1) is 0 Å². The van der Waals surface area contributed by atoms with Crippen LogP contribution in [-0.4, -0.2) is 45.9 Å². The molecule has 0 bridgehead atoms. The first-order valence-corrected chi connectivity index (χ1v) is 8.45. The van der Waals surface area contributed by atoms with Crippen molar-refractivity contribution in [3.8, 4) is 0 Å². The largest absolute Gasteiger partial charge is 0.378 e. The summed E-state index contributed by atoms with van der Waals surface area (Å²) >= 11 is 0. The molecular formula is C13H21NO3S. The van der Waals surface area contributed by atoms with Crippen molar-refractivity contribution in [2.75, 3.05) is 32.6 Å². The minimum atomic E-state index is -3.11. The van der Waals surface area contributed by atoms with Crippen molar-refractivity contribution in [3.05, 3.63) is 22.8 Å². The number of morpholine rings is 1. The molecule has 18 heavy (non-hydrogen) atoms. The maximum Gasteiger partial charge on any atom is 0.170 e. The second-order valence-corrected chi connectivity index (χ2v) is 6.80. The van der Waals surface area contributed by atoms with E-state index >= 15 is 0 Å². The van der Waals surface area contributed by atoms with Crippen LogP contribution in [0.2, 0.25) is 0 Å². The maximum absolute atomic E-state index is 11.6. The van der Waals surface area contributed by atoms with Crippen LogP contribution in [0.4, 0.5) is 0 Å². The van der Waals surface area contributed by atoms with Crippen LogP contribution in [-0.2, 0) is 14.6 Å². The quantitative estimate of drug-likeness (QED) is 0.784. The fraction of sp³-hybridized carbons (Fsp3) is 0.692. The summed E-state index contributed by atoms with van der Waals surface area (Å²) in [6, 6.07) is 0. The zero-order valence-corrected chi connectivity index (χ0v) is 11.7. The summed E-state index contributed by atoms with van der Waals surface area (Å²) in [6.07, 6.45) is 7.85. The molecule has 0 atom stereocenters. The van der Waals surface area contributed by atoms with E-state index < -0.39 is 9.84 Å². The first-order valence-electron chi connectivity index (χ1n) is 6.50. The molecule has 102 valence electrons. The van der Waals surface area contributed by atoms with Crippen molar-refractivity contribution >= 4 is 9.84 Å². The van der Waals surface area contributed by atoms with Crippen LogP contribution in [0.25, 0.3) is 0 Å². The molecule has 0 amide bonds. The topological polar surface area (TPSA) is 46.6 Å². The number of sulfone groups is 1. The molecule has 2 aliphatic rings. The van der Waals surface area contributed by atoms with E-state index in [1.807, 2.05) is 0 Å². The van der Waals surface area contributed by atoms with Crippen LogP contribution in [0.15, 0.2) is 22.8 Å². The lowest BCUT2D eigenvalue weighted by Crippen LogP contribution is -2.36. The molecule has 0 aromatic rings. The van der Waals surface area contributed by atoms with Crippen molar-refractivity contribution in [3.63, 3.8) is 0 Å². The Labute approximate surface area is 109 Å². The van der Waals surface area contributed by atoms with E-state index in [9.17, 15) is 8.42 Å². The first kappa shape index (κ1) is 13.6. The third kappa shape index (κ3) is 3.85. The highest BCUT2D eigenvalue weighted by atomic mass is 32.2. The van der Waals surface area contributed by atoms with Crippen LogP contribution in [0.1, 0.15) is 25.7 Å². The van der Waals surface area contributed by atoms with E-state index in [1.165, 1.54) is 23.7 Å². The normalized spacial score (nSPS) is 22.8. The summed E-state index contributed by atoms with van der Waals surface area (Å²) in [4.78, 5) is 2.14.